The molecule has 7 heteroatoms. The van der Waals surface area contributed by atoms with Crippen LogP contribution >= 0.6 is 11.3 Å². The van der Waals surface area contributed by atoms with E-state index in [0.29, 0.717) is 10.0 Å². The van der Waals surface area contributed by atoms with E-state index in [2.05, 4.69) is 15.5 Å². The number of nitrogens with one attached hydrogen (secondary N) is 1. The van der Waals surface area contributed by atoms with Crippen LogP contribution in [0.1, 0.15) is 22.2 Å². The Kier molecular flexibility index (Phi) is 4.64. The Labute approximate surface area is 145 Å². The van der Waals surface area contributed by atoms with Crippen molar-refractivity contribution >= 4 is 26.3 Å². The summed E-state index contributed by atoms with van der Waals surface area (Å²) in [7, 11) is -3.26. The summed E-state index contributed by atoms with van der Waals surface area (Å²) in [6, 6.07) is 16.6. The fraction of sp³-hybridized carbons (Fsp3) is 0.176. The van der Waals surface area contributed by atoms with E-state index in [0.717, 1.165) is 16.1 Å². The van der Waals surface area contributed by atoms with Crippen LogP contribution in [0.15, 0.2) is 59.5 Å². The van der Waals surface area contributed by atoms with E-state index in [9.17, 15) is 8.42 Å². The van der Waals surface area contributed by atoms with Crippen LogP contribution in [-0.4, -0.2) is 24.9 Å². The van der Waals surface area contributed by atoms with Gasteiger partial charge < -0.3 is 5.32 Å². The molecule has 0 aliphatic carbocycles. The monoisotopic (exact) mass is 359 g/mol. The second-order valence-corrected chi connectivity index (χ2v) is 8.66. The lowest BCUT2D eigenvalue weighted by Crippen LogP contribution is -2.13. The number of anilines is 1. The molecule has 124 valence electrons. The third-order valence-corrected chi connectivity index (χ3v) is 5.43. The van der Waals surface area contributed by atoms with Gasteiger partial charge in [0.2, 0.25) is 5.13 Å². The fourth-order valence-corrected chi connectivity index (χ4v) is 3.70. The Morgan fingerprint density at radius 3 is 2.33 bits per heavy atom. The molecular weight excluding hydrogens is 342 g/mol. The van der Waals surface area contributed by atoms with E-state index in [-0.39, 0.29) is 6.04 Å². The van der Waals surface area contributed by atoms with Crippen LogP contribution < -0.4 is 5.32 Å². The fourth-order valence-electron chi connectivity index (χ4n) is 2.41. The highest BCUT2D eigenvalue weighted by molar-refractivity contribution is 7.90. The summed E-state index contributed by atoms with van der Waals surface area (Å²) in [6.07, 6.45) is 1.21. The summed E-state index contributed by atoms with van der Waals surface area (Å²) in [5, 5.41) is 13.1. The van der Waals surface area contributed by atoms with Crippen molar-refractivity contribution < 1.29 is 8.42 Å². The minimum absolute atomic E-state index is 0.208. The number of aryl methyl sites for hydroxylation is 1. The number of hydrogen-bond donors (Lipinski definition) is 1. The van der Waals surface area contributed by atoms with E-state index in [4.69, 9.17) is 0 Å². The Morgan fingerprint density at radius 1 is 1.00 bits per heavy atom. The van der Waals surface area contributed by atoms with Gasteiger partial charge in [-0.2, -0.15) is 0 Å². The highest BCUT2D eigenvalue weighted by Crippen LogP contribution is 2.29. The van der Waals surface area contributed by atoms with Crippen LogP contribution in [0.25, 0.3) is 0 Å². The first-order chi connectivity index (χ1) is 11.4. The molecular formula is C17H17N3O2S2. The van der Waals surface area contributed by atoms with E-state index >= 15 is 0 Å². The Bertz CT molecular complexity index is 937. The average Bonchev–Trinajstić information content (AvgIpc) is 2.98. The molecule has 24 heavy (non-hydrogen) atoms. The zero-order chi connectivity index (χ0) is 17.2. The Balaban J connectivity index is 2.05. The van der Waals surface area contributed by atoms with Crippen LogP contribution in [0, 0.1) is 6.92 Å². The van der Waals surface area contributed by atoms with Gasteiger partial charge in [-0.05, 0) is 30.2 Å². The van der Waals surface area contributed by atoms with Gasteiger partial charge in [0.1, 0.15) is 5.01 Å². The van der Waals surface area contributed by atoms with Crippen LogP contribution in [-0.2, 0) is 9.84 Å². The van der Waals surface area contributed by atoms with Crippen molar-refractivity contribution in [3.05, 3.63) is 70.7 Å². The number of sulfone groups is 1. The van der Waals surface area contributed by atoms with Crippen molar-refractivity contribution in [1.82, 2.24) is 10.2 Å². The lowest BCUT2D eigenvalue weighted by molar-refractivity contribution is 0.601. The summed E-state index contributed by atoms with van der Waals surface area (Å²) in [6.45, 7) is 1.89. The maximum Gasteiger partial charge on any atom is 0.206 e. The van der Waals surface area contributed by atoms with E-state index < -0.39 is 9.84 Å². The number of rotatable bonds is 5. The molecule has 0 radical (unpaired) electrons. The van der Waals surface area contributed by atoms with E-state index in [1.807, 2.05) is 43.3 Å². The third-order valence-electron chi connectivity index (χ3n) is 3.55. The van der Waals surface area contributed by atoms with Crippen LogP contribution in [0.3, 0.4) is 0 Å². The predicted molar refractivity (Wildman–Crippen MR) is 96.1 cm³/mol. The lowest BCUT2D eigenvalue weighted by Gasteiger charge is -2.19. The predicted octanol–water partition coefficient (Wildman–Crippen LogP) is 3.45. The number of benzene rings is 2. The van der Waals surface area contributed by atoms with Crippen LogP contribution in [0.2, 0.25) is 0 Å². The number of nitrogens with zero attached hydrogens (tertiary/aromatic N) is 2. The smallest absolute Gasteiger partial charge is 0.206 e. The summed E-state index contributed by atoms with van der Waals surface area (Å²) >= 11 is 1.46. The largest absolute Gasteiger partial charge is 0.349 e. The molecule has 0 aliphatic rings. The molecule has 0 saturated carbocycles. The summed E-state index contributed by atoms with van der Waals surface area (Å²) in [5.74, 6) is 0. The van der Waals surface area contributed by atoms with Gasteiger partial charge in [0.05, 0.1) is 10.9 Å². The van der Waals surface area contributed by atoms with Crippen LogP contribution in [0.5, 0.6) is 0 Å². The van der Waals surface area contributed by atoms with Gasteiger partial charge in [0.25, 0.3) is 0 Å². The quantitative estimate of drug-likeness (QED) is 0.755. The molecule has 1 atom stereocenters. The molecule has 5 nitrogen and oxygen atoms in total. The second kappa shape index (κ2) is 6.70. The molecule has 1 unspecified atom stereocenters. The Morgan fingerprint density at radius 2 is 1.71 bits per heavy atom. The first-order valence-corrected chi connectivity index (χ1v) is 10.1. The van der Waals surface area contributed by atoms with Crippen molar-refractivity contribution in [3.63, 3.8) is 0 Å². The molecule has 0 spiro atoms. The first-order valence-electron chi connectivity index (χ1n) is 7.35. The third kappa shape index (κ3) is 3.80. The van der Waals surface area contributed by atoms with Crippen molar-refractivity contribution in [2.24, 2.45) is 0 Å². The number of aromatic nitrogens is 2. The minimum Gasteiger partial charge on any atom is -0.349 e. The lowest BCUT2D eigenvalue weighted by atomic mass is 9.99. The maximum atomic E-state index is 11.9. The van der Waals surface area contributed by atoms with E-state index in [1.54, 1.807) is 18.2 Å². The standard InChI is InChI=1S/C17H17N3O2S2/c1-12-19-20-17(23-12)18-16(13-7-4-3-5-8-13)14-9-6-10-15(11-14)24(2,21)22/h3-11,16H,1-2H3,(H,18,20). The maximum absolute atomic E-state index is 11.9. The molecule has 2 aromatic carbocycles. The zero-order valence-electron chi connectivity index (χ0n) is 13.3. The molecule has 3 aromatic rings. The van der Waals surface area contributed by atoms with Gasteiger partial charge in [-0.1, -0.05) is 53.8 Å². The van der Waals surface area contributed by atoms with Gasteiger partial charge in [-0.25, -0.2) is 8.42 Å². The average molecular weight is 359 g/mol. The Hall–Kier alpha value is -2.25. The van der Waals surface area contributed by atoms with Crippen LogP contribution in [0.4, 0.5) is 5.13 Å². The van der Waals surface area contributed by atoms with Crippen molar-refractivity contribution in [3.8, 4) is 0 Å². The topological polar surface area (TPSA) is 72.0 Å². The summed E-state index contributed by atoms with van der Waals surface area (Å²) < 4.78 is 23.7. The molecule has 1 aromatic heterocycles. The zero-order valence-corrected chi connectivity index (χ0v) is 14.9. The molecule has 1 heterocycles. The number of hydrogen-bond acceptors (Lipinski definition) is 6. The van der Waals surface area contributed by atoms with Crippen molar-refractivity contribution in [1.29, 1.82) is 0 Å². The molecule has 3 rings (SSSR count). The highest BCUT2D eigenvalue weighted by Gasteiger charge is 2.18. The van der Waals surface area contributed by atoms with Gasteiger partial charge in [-0.3, -0.25) is 0 Å². The second-order valence-electron chi connectivity index (χ2n) is 5.46. The van der Waals surface area contributed by atoms with Gasteiger partial charge >= 0.3 is 0 Å². The van der Waals surface area contributed by atoms with Gasteiger partial charge in [0, 0.05) is 6.26 Å². The molecule has 0 saturated heterocycles. The molecule has 1 N–H and O–H groups in total. The summed E-state index contributed by atoms with van der Waals surface area (Å²) in [5.41, 5.74) is 1.88. The van der Waals surface area contributed by atoms with Crippen molar-refractivity contribution in [2.45, 2.75) is 17.9 Å². The molecule has 0 fully saturated rings. The minimum atomic E-state index is -3.26. The van der Waals surface area contributed by atoms with E-state index in [1.165, 1.54) is 17.6 Å². The molecule has 0 bridgehead atoms. The van der Waals surface area contributed by atoms with Gasteiger partial charge in [0.15, 0.2) is 9.84 Å². The SMILES string of the molecule is Cc1nnc(NC(c2ccccc2)c2cccc(S(C)(=O)=O)c2)s1. The molecule has 0 amide bonds. The summed E-state index contributed by atoms with van der Waals surface area (Å²) in [4.78, 5) is 0.302. The molecule has 0 aliphatic heterocycles. The van der Waals surface area contributed by atoms with Crippen molar-refractivity contribution in [2.75, 3.05) is 11.6 Å². The first kappa shape index (κ1) is 16.6. The normalized spacial score (nSPS) is 12.8. The highest BCUT2D eigenvalue weighted by atomic mass is 32.2. The van der Waals surface area contributed by atoms with Gasteiger partial charge in [-0.15, -0.1) is 10.2 Å².